The van der Waals surface area contributed by atoms with Crippen molar-refractivity contribution in [3.8, 4) is 0 Å². The van der Waals surface area contributed by atoms with Gasteiger partial charge in [-0.05, 0) is 24.5 Å². The van der Waals surface area contributed by atoms with Crippen LogP contribution in [0, 0.1) is 0 Å². The fourth-order valence-corrected chi connectivity index (χ4v) is 2.14. The molecule has 0 aliphatic heterocycles. The number of oxime groups is 1. The largest absolute Gasteiger partial charge is 0.411 e. The molecule has 0 bridgehead atoms. The van der Waals surface area contributed by atoms with E-state index in [1.54, 1.807) is 0 Å². The van der Waals surface area contributed by atoms with Crippen molar-refractivity contribution in [1.29, 1.82) is 0 Å². The van der Waals surface area contributed by atoms with Crippen molar-refractivity contribution in [2.24, 2.45) is 5.16 Å². The van der Waals surface area contributed by atoms with Gasteiger partial charge in [0, 0.05) is 5.92 Å². The minimum absolute atomic E-state index is 0.239. The minimum Gasteiger partial charge on any atom is -0.411 e. The monoisotopic (exact) mass is 239 g/mol. The van der Waals surface area contributed by atoms with Crippen LogP contribution in [0.2, 0.25) is 0 Å². The van der Waals surface area contributed by atoms with Gasteiger partial charge in [0.1, 0.15) is 0 Å². The predicted molar refractivity (Wildman–Crippen MR) is 74.2 cm³/mol. The van der Waals surface area contributed by atoms with Gasteiger partial charge in [-0.3, -0.25) is 0 Å². The summed E-state index contributed by atoms with van der Waals surface area (Å²) < 4.78 is 0. The lowest BCUT2D eigenvalue weighted by atomic mass is 9.87. The van der Waals surface area contributed by atoms with Gasteiger partial charge in [-0.25, -0.2) is 0 Å². The molecule has 0 aromatic heterocycles. The molecule has 0 saturated carbocycles. The van der Waals surface area contributed by atoms with Crippen LogP contribution in [0.4, 0.5) is 0 Å². The van der Waals surface area contributed by atoms with Gasteiger partial charge in [-0.2, -0.15) is 0 Å². The first kappa shape index (κ1) is 12.4. The Hall–Kier alpha value is -2.09. The molecule has 1 N–H and O–H groups in total. The van der Waals surface area contributed by atoms with Crippen molar-refractivity contribution in [1.82, 2.24) is 0 Å². The molecule has 0 aliphatic carbocycles. The first-order valence-corrected chi connectivity index (χ1v) is 6.08. The van der Waals surface area contributed by atoms with E-state index in [9.17, 15) is 0 Å². The van der Waals surface area contributed by atoms with E-state index in [2.05, 4.69) is 29.4 Å². The summed E-state index contributed by atoms with van der Waals surface area (Å²) in [4.78, 5) is 0. The van der Waals surface area contributed by atoms with E-state index in [0.29, 0.717) is 0 Å². The second-order valence-corrected chi connectivity index (χ2v) is 4.41. The Balaban J connectivity index is 2.35. The molecule has 0 spiro atoms. The van der Waals surface area contributed by atoms with Crippen LogP contribution in [0.1, 0.15) is 30.4 Å². The molecule has 18 heavy (non-hydrogen) atoms. The Morgan fingerprint density at radius 1 is 0.944 bits per heavy atom. The van der Waals surface area contributed by atoms with Crippen molar-refractivity contribution < 1.29 is 5.21 Å². The molecule has 0 aliphatic rings. The first-order valence-electron chi connectivity index (χ1n) is 6.08. The summed E-state index contributed by atoms with van der Waals surface area (Å²) in [6.07, 6.45) is 0.727. The third-order valence-corrected chi connectivity index (χ3v) is 3.07. The summed E-state index contributed by atoms with van der Waals surface area (Å²) in [6, 6.07) is 20.6. The van der Waals surface area contributed by atoms with E-state index in [0.717, 1.165) is 12.1 Å². The summed E-state index contributed by atoms with van der Waals surface area (Å²) in [5, 5.41) is 12.2. The number of benzene rings is 2. The Morgan fingerprint density at radius 3 is 1.78 bits per heavy atom. The molecule has 0 amide bonds. The fourth-order valence-electron chi connectivity index (χ4n) is 2.14. The maximum Gasteiger partial charge on any atom is 0.0549 e. The summed E-state index contributed by atoms with van der Waals surface area (Å²) >= 11 is 0. The van der Waals surface area contributed by atoms with Gasteiger partial charge in [0.15, 0.2) is 0 Å². The average Bonchev–Trinajstić information content (AvgIpc) is 2.46. The molecule has 2 aromatic rings. The van der Waals surface area contributed by atoms with E-state index >= 15 is 0 Å². The number of hydrogen-bond acceptors (Lipinski definition) is 2. The molecule has 0 radical (unpaired) electrons. The van der Waals surface area contributed by atoms with E-state index in [4.69, 9.17) is 5.21 Å². The normalized spacial score (nSPS) is 11.8. The summed E-state index contributed by atoms with van der Waals surface area (Å²) in [7, 11) is 0. The molecular weight excluding hydrogens is 222 g/mol. The van der Waals surface area contributed by atoms with Crippen LogP contribution in [0.15, 0.2) is 65.8 Å². The van der Waals surface area contributed by atoms with E-state index in [-0.39, 0.29) is 5.92 Å². The van der Waals surface area contributed by atoms with Crippen LogP contribution in [0.5, 0.6) is 0 Å². The Labute approximate surface area is 108 Å². The number of rotatable bonds is 4. The third-order valence-electron chi connectivity index (χ3n) is 3.07. The highest BCUT2D eigenvalue weighted by atomic mass is 16.4. The molecule has 0 unspecified atom stereocenters. The highest BCUT2D eigenvalue weighted by Crippen LogP contribution is 2.28. The molecule has 2 aromatic carbocycles. The van der Waals surface area contributed by atoms with Crippen molar-refractivity contribution in [3.05, 3.63) is 71.8 Å². The quantitative estimate of drug-likeness (QED) is 0.487. The second kappa shape index (κ2) is 6.01. The van der Waals surface area contributed by atoms with Crippen LogP contribution >= 0.6 is 0 Å². The Morgan fingerprint density at radius 2 is 1.39 bits per heavy atom. The van der Waals surface area contributed by atoms with Gasteiger partial charge >= 0.3 is 0 Å². The Bertz CT molecular complexity index is 466. The maximum absolute atomic E-state index is 8.87. The van der Waals surface area contributed by atoms with E-state index < -0.39 is 0 Å². The van der Waals surface area contributed by atoms with Gasteiger partial charge in [-0.15, -0.1) is 0 Å². The highest BCUT2D eigenvalue weighted by Gasteiger charge is 2.14. The molecule has 0 fully saturated rings. The van der Waals surface area contributed by atoms with E-state index in [1.807, 2.05) is 43.3 Å². The topological polar surface area (TPSA) is 32.6 Å². The molecule has 92 valence electrons. The van der Waals surface area contributed by atoms with Crippen molar-refractivity contribution >= 4 is 5.71 Å². The molecule has 2 rings (SSSR count). The smallest absolute Gasteiger partial charge is 0.0549 e. The van der Waals surface area contributed by atoms with Crippen molar-refractivity contribution in [3.63, 3.8) is 0 Å². The van der Waals surface area contributed by atoms with Crippen molar-refractivity contribution in [2.75, 3.05) is 0 Å². The lowest BCUT2D eigenvalue weighted by molar-refractivity contribution is 0.317. The molecular formula is C16H17NO. The van der Waals surface area contributed by atoms with Crippen LogP contribution in [0.3, 0.4) is 0 Å². The zero-order valence-electron chi connectivity index (χ0n) is 10.5. The van der Waals surface area contributed by atoms with Crippen LogP contribution < -0.4 is 0 Å². The first-order chi connectivity index (χ1) is 8.81. The van der Waals surface area contributed by atoms with Crippen LogP contribution in [-0.2, 0) is 0 Å². The minimum atomic E-state index is 0.239. The zero-order chi connectivity index (χ0) is 12.8. The predicted octanol–water partition coefficient (Wildman–Crippen LogP) is 4.06. The average molecular weight is 239 g/mol. The Kier molecular flexibility index (Phi) is 4.13. The standard InChI is InChI=1S/C16H17NO/c1-13(17-18)12-16(14-8-4-2-5-9-14)15-10-6-3-7-11-15/h2-11,16,18H,12H2,1H3. The van der Waals surface area contributed by atoms with Gasteiger partial charge < -0.3 is 5.21 Å². The highest BCUT2D eigenvalue weighted by molar-refractivity contribution is 5.82. The number of hydrogen-bond donors (Lipinski definition) is 1. The van der Waals surface area contributed by atoms with Crippen LogP contribution in [-0.4, -0.2) is 10.9 Å². The second-order valence-electron chi connectivity index (χ2n) is 4.41. The summed E-state index contributed by atoms with van der Waals surface area (Å²) in [5.74, 6) is 0.239. The summed E-state index contributed by atoms with van der Waals surface area (Å²) in [5.41, 5.74) is 3.23. The molecule has 0 saturated heterocycles. The SMILES string of the molecule is CC(CC(c1ccccc1)c1ccccc1)=NO. The van der Waals surface area contributed by atoms with E-state index in [1.165, 1.54) is 11.1 Å². The molecule has 0 atom stereocenters. The van der Waals surface area contributed by atoms with Crippen molar-refractivity contribution in [2.45, 2.75) is 19.3 Å². The lowest BCUT2D eigenvalue weighted by Crippen LogP contribution is -2.06. The fraction of sp³-hybridized carbons (Fsp3) is 0.188. The van der Waals surface area contributed by atoms with Gasteiger partial charge in [-0.1, -0.05) is 65.8 Å². The molecule has 0 heterocycles. The zero-order valence-corrected chi connectivity index (χ0v) is 10.5. The third kappa shape index (κ3) is 2.98. The summed E-state index contributed by atoms with van der Waals surface area (Å²) in [6.45, 7) is 1.85. The van der Waals surface area contributed by atoms with Gasteiger partial charge in [0.25, 0.3) is 0 Å². The lowest BCUT2D eigenvalue weighted by Gasteiger charge is -2.17. The number of nitrogens with zero attached hydrogens (tertiary/aromatic N) is 1. The van der Waals surface area contributed by atoms with Gasteiger partial charge in [0.2, 0.25) is 0 Å². The molecule has 2 nitrogen and oxygen atoms in total. The van der Waals surface area contributed by atoms with Crippen LogP contribution in [0.25, 0.3) is 0 Å². The maximum atomic E-state index is 8.87. The van der Waals surface area contributed by atoms with Gasteiger partial charge in [0.05, 0.1) is 5.71 Å². The molecule has 2 heteroatoms.